The minimum absolute atomic E-state index is 0.0730. The first-order valence-corrected chi connectivity index (χ1v) is 9.46. The number of hydrogen-bond acceptors (Lipinski definition) is 6. The molecule has 2 rings (SSSR count). The van der Waals surface area contributed by atoms with Gasteiger partial charge in [-0.25, -0.2) is 13.4 Å². The lowest BCUT2D eigenvalue weighted by atomic mass is 10.2. The van der Waals surface area contributed by atoms with Crippen molar-refractivity contribution in [1.29, 1.82) is 0 Å². The number of carbonyl (C=O) groups excluding carboxylic acids is 1. The maximum atomic E-state index is 12.9. The number of nitrogens with zero attached hydrogens (tertiary/aromatic N) is 2. The highest BCUT2D eigenvalue weighted by Crippen LogP contribution is 2.18. The molecule has 1 aromatic carbocycles. The summed E-state index contributed by atoms with van der Waals surface area (Å²) in [5, 5.41) is 9.70. The first-order valence-electron chi connectivity index (χ1n) is 8.02. The van der Waals surface area contributed by atoms with Crippen LogP contribution in [0.25, 0.3) is 0 Å². The number of carbonyl (C=O) groups is 1. The van der Waals surface area contributed by atoms with Gasteiger partial charge in [0.15, 0.2) is 5.78 Å². The molecule has 0 amide bonds. The summed E-state index contributed by atoms with van der Waals surface area (Å²) >= 11 is 0. The summed E-state index contributed by atoms with van der Waals surface area (Å²) in [6, 6.07) is 9.27. The standard InChI is InChI=1S/C18H22N2O5S/c1-13-4-6-16(7-5-13)26(23,24)20(11-14(2)21)12-17(22)15-8-9-19-18(10-15)25-3/h4-10,14,21H,11-12H2,1-3H3/t14-/m1/s1. The number of benzene rings is 1. The van der Waals surface area contributed by atoms with Crippen LogP contribution in [0.15, 0.2) is 47.5 Å². The third kappa shape index (κ3) is 4.87. The Bertz CT molecular complexity index is 863. The molecule has 26 heavy (non-hydrogen) atoms. The van der Waals surface area contributed by atoms with Crippen LogP contribution in [-0.4, -0.2) is 54.9 Å². The molecule has 0 aliphatic heterocycles. The number of sulfonamides is 1. The third-order valence-corrected chi connectivity index (χ3v) is 5.54. The van der Waals surface area contributed by atoms with Crippen molar-refractivity contribution in [3.63, 3.8) is 0 Å². The number of rotatable bonds is 8. The molecular weight excluding hydrogens is 356 g/mol. The Morgan fingerprint density at radius 3 is 2.50 bits per heavy atom. The molecule has 1 atom stereocenters. The zero-order valence-corrected chi connectivity index (χ0v) is 15.7. The summed E-state index contributed by atoms with van der Waals surface area (Å²) in [6.07, 6.45) is 0.495. The average Bonchev–Trinajstić information content (AvgIpc) is 2.61. The fourth-order valence-electron chi connectivity index (χ4n) is 2.35. The van der Waals surface area contributed by atoms with E-state index in [1.54, 1.807) is 12.1 Å². The van der Waals surface area contributed by atoms with Crippen LogP contribution in [0.2, 0.25) is 0 Å². The molecule has 0 radical (unpaired) electrons. The van der Waals surface area contributed by atoms with Gasteiger partial charge < -0.3 is 9.84 Å². The van der Waals surface area contributed by atoms with Gasteiger partial charge in [-0.15, -0.1) is 0 Å². The number of aliphatic hydroxyl groups excluding tert-OH is 1. The van der Waals surface area contributed by atoms with E-state index >= 15 is 0 Å². The van der Waals surface area contributed by atoms with Gasteiger partial charge >= 0.3 is 0 Å². The second-order valence-corrected chi connectivity index (χ2v) is 7.91. The summed E-state index contributed by atoms with van der Waals surface area (Å²) < 4.78 is 31.8. The van der Waals surface area contributed by atoms with Gasteiger partial charge in [0.25, 0.3) is 0 Å². The van der Waals surface area contributed by atoms with Gasteiger partial charge in [0.1, 0.15) is 0 Å². The maximum absolute atomic E-state index is 12.9. The first kappa shape index (κ1) is 20.0. The number of aliphatic hydroxyl groups is 1. The van der Waals surface area contributed by atoms with Crippen molar-refractivity contribution < 1.29 is 23.1 Å². The minimum atomic E-state index is -3.93. The van der Waals surface area contributed by atoms with E-state index in [1.807, 2.05) is 6.92 Å². The second-order valence-electron chi connectivity index (χ2n) is 5.97. The number of hydrogen-bond donors (Lipinski definition) is 1. The Morgan fingerprint density at radius 2 is 1.92 bits per heavy atom. The van der Waals surface area contributed by atoms with Crippen molar-refractivity contribution in [1.82, 2.24) is 9.29 Å². The van der Waals surface area contributed by atoms with E-state index in [0.29, 0.717) is 0 Å². The van der Waals surface area contributed by atoms with Crippen molar-refractivity contribution in [2.75, 3.05) is 20.2 Å². The summed E-state index contributed by atoms with van der Waals surface area (Å²) in [6.45, 7) is 2.74. The van der Waals surface area contributed by atoms with Gasteiger partial charge in [0.05, 0.1) is 24.7 Å². The highest BCUT2D eigenvalue weighted by molar-refractivity contribution is 7.89. The molecule has 8 heteroatoms. The number of aromatic nitrogens is 1. The van der Waals surface area contributed by atoms with E-state index in [-0.39, 0.29) is 22.9 Å². The summed E-state index contributed by atoms with van der Waals surface area (Å²) in [7, 11) is -2.50. The Balaban J connectivity index is 2.31. The molecule has 0 spiro atoms. The molecule has 1 N–H and O–H groups in total. The van der Waals surface area contributed by atoms with Gasteiger partial charge in [0, 0.05) is 24.4 Å². The zero-order valence-electron chi connectivity index (χ0n) is 14.9. The smallest absolute Gasteiger partial charge is 0.243 e. The third-order valence-electron chi connectivity index (χ3n) is 3.71. The van der Waals surface area contributed by atoms with Gasteiger partial charge in [-0.1, -0.05) is 17.7 Å². The molecular formula is C18H22N2O5S. The molecule has 7 nitrogen and oxygen atoms in total. The first-order chi connectivity index (χ1) is 12.2. The van der Waals surface area contributed by atoms with Gasteiger partial charge in [0.2, 0.25) is 15.9 Å². The number of aryl methyl sites for hydroxylation is 1. The summed E-state index contributed by atoms with van der Waals surface area (Å²) in [5.74, 6) is -0.152. The van der Waals surface area contributed by atoms with Crippen LogP contribution < -0.4 is 4.74 Å². The summed E-state index contributed by atoms with van der Waals surface area (Å²) in [5.41, 5.74) is 1.21. The van der Waals surface area contributed by atoms with Crippen LogP contribution in [0.5, 0.6) is 5.88 Å². The average molecular weight is 378 g/mol. The van der Waals surface area contributed by atoms with E-state index in [9.17, 15) is 18.3 Å². The lowest BCUT2D eigenvalue weighted by Gasteiger charge is -2.23. The lowest BCUT2D eigenvalue weighted by molar-refractivity contribution is 0.0943. The van der Waals surface area contributed by atoms with Crippen LogP contribution in [0, 0.1) is 6.92 Å². The lowest BCUT2D eigenvalue weighted by Crippen LogP contribution is -2.40. The number of ketones is 1. The fourth-order valence-corrected chi connectivity index (χ4v) is 3.83. The monoisotopic (exact) mass is 378 g/mol. The van der Waals surface area contributed by atoms with Crippen LogP contribution in [0.4, 0.5) is 0 Å². The predicted octanol–water partition coefficient (Wildman–Crippen LogP) is 1.65. The molecule has 1 aromatic heterocycles. The predicted molar refractivity (Wildman–Crippen MR) is 96.7 cm³/mol. The van der Waals surface area contributed by atoms with Gasteiger partial charge in [-0.3, -0.25) is 4.79 Å². The Hall–Kier alpha value is -2.29. The Morgan fingerprint density at radius 1 is 1.27 bits per heavy atom. The fraction of sp³-hybridized carbons (Fsp3) is 0.333. The van der Waals surface area contributed by atoms with E-state index < -0.39 is 28.5 Å². The number of Topliss-reactive ketones (excluding diaryl/α,β-unsaturated/α-hetero) is 1. The quantitative estimate of drug-likeness (QED) is 0.702. The molecule has 1 heterocycles. The molecule has 0 bridgehead atoms. The Labute approximate surface area is 153 Å². The Kier molecular flexibility index (Phi) is 6.47. The van der Waals surface area contributed by atoms with Crippen molar-refractivity contribution >= 4 is 15.8 Å². The molecule has 2 aromatic rings. The van der Waals surface area contributed by atoms with Gasteiger partial charge in [-0.05, 0) is 32.0 Å². The minimum Gasteiger partial charge on any atom is -0.481 e. The number of methoxy groups -OCH3 is 1. The van der Waals surface area contributed by atoms with Crippen molar-refractivity contribution in [2.45, 2.75) is 24.8 Å². The van der Waals surface area contributed by atoms with E-state index in [4.69, 9.17) is 4.74 Å². The van der Waals surface area contributed by atoms with Crippen LogP contribution in [-0.2, 0) is 10.0 Å². The summed E-state index contributed by atoms with van der Waals surface area (Å²) in [4.78, 5) is 16.6. The highest BCUT2D eigenvalue weighted by Gasteiger charge is 2.28. The molecule has 0 unspecified atom stereocenters. The number of ether oxygens (including phenoxy) is 1. The highest BCUT2D eigenvalue weighted by atomic mass is 32.2. The molecule has 0 fully saturated rings. The van der Waals surface area contributed by atoms with E-state index in [0.717, 1.165) is 9.87 Å². The molecule has 0 saturated carbocycles. The largest absolute Gasteiger partial charge is 0.481 e. The zero-order chi connectivity index (χ0) is 19.3. The van der Waals surface area contributed by atoms with Crippen LogP contribution in [0.1, 0.15) is 22.8 Å². The van der Waals surface area contributed by atoms with Crippen molar-refractivity contribution in [2.24, 2.45) is 0 Å². The molecule has 0 aliphatic rings. The van der Waals surface area contributed by atoms with Crippen LogP contribution in [0.3, 0.4) is 0 Å². The maximum Gasteiger partial charge on any atom is 0.243 e. The topological polar surface area (TPSA) is 96.8 Å². The molecule has 0 saturated heterocycles. The number of pyridine rings is 1. The SMILES string of the molecule is COc1cc(C(=O)CN(C[C@@H](C)O)S(=O)(=O)c2ccc(C)cc2)ccn1. The van der Waals surface area contributed by atoms with E-state index in [2.05, 4.69) is 4.98 Å². The second kappa shape index (κ2) is 8.39. The van der Waals surface area contributed by atoms with Crippen LogP contribution >= 0.6 is 0 Å². The van der Waals surface area contributed by atoms with Crippen molar-refractivity contribution in [3.8, 4) is 5.88 Å². The van der Waals surface area contributed by atoms with Gasteiger partial charge in [-0.2, -0.15) is 4.31 Å². The normalized spacial score (nSPS) is 12.8. The van der Waals surface area contributed by atoms with Crippen molar-refractivity contribution in [3.05, 3.63) is 53.7 Å². The molecule has 0 aliphatic carbocycles. The van der Waals surface area contributed by atoms with E-state index in [1.165, 1.54) is 44.5 Å². The molecule has 140 valence electrons.